The van der Waals surface area contributed by atoms with Gasteiger partial charge in [0.1, 0.15) is 0 Å². The quantitative estimate of drug-likeness (QED) is 0.899. The number of nitrogens with one attached hydrogen (secondary N) is 1. The molecule has 2 nitrogen and oxygen atoms in total. The van der Waals surface area contributed by atoms with Gasteiger partial charge in [-0.1, -0.05) is 17.7 Å². The molecule has 0 radical (unpaired) electrons. The summed E-state index contributed by atoms with van der Waals surface area (Å²) in [6.45, 7) is 5.48. The maximum absolute atomic E-state index is 5.99. The van der Waals surface area contributed by atoms with Gasteiger partial charge in [0, 0.05) is 41.3 Å². The van der Waals surface area contributed by atoms with Crippen LogP contribution >= 0.6 is 22.9 Å². The zero-order chi connectivity index (χ0) is 13.9. The highest BCUT2D eigenvalue weighted by molar-refractivity contribution is 7.10. The van der Waals surface area contributed by atoms with Crippen molar-refractivity contribution in [3.8, 4) is 0 Å². The molecule has 0 bridgehead atoms. The first kappa shape index (κ1) is 13.9. The van der Waals surface area contributed by atoms with Crippen LogP contribution in [-0.4, -0.2) is 24.5 Å². The summed E-state index contributed by atoms with van der Waals surface area (Å²) >= 11 is 7.89. The minimum absolute atomic E-state index is 0.533. The summed E-state index contributed by atoms with van der Waals surface area (Å²) in [6, 6.07) is 10.7. The molecule has 1 atom stereocenters. The van der Waals surface area contributed by atoms with Gasteiger partial charge in [-0.2, -0.15) is 0 Å². The van der Waals surface area contributed by atoms with Crippen LogP contribution in [0.25, 0.3) is 0 Å². The van der Waals surface area contributed by atoms with Crippen molar-refractivity contribution < 1.29 is 0 Å². The molecule has 1 aliphatic heterocycles. The Morgan fingerprint density at radius 1 is 1.40 bits per heavy atom. The minimum atomic E-state index is 0.533. The smallest absolute Gasteiger partial charge is 0.0426 e. The van der Waals surface area contributed by atoms with Gasteiger partial charge in [-0.15, -0.1) is 11.3 Å². The van der Waals surface area contributed by atoms with Crippen molar-refractivity contribution in [2.75, 3.05) is 25.0 Å². The Bertz CT molecular complexity index is 581. The molecule has 0 fully saturated rings. The fourth-order valence-electron chi connectivity index (χ4n) is 2.81. The van der Waals surface area contributed by atoms with Gasteiger partial charge in [0.05, 0.1) is 0 Å². The predicted molar refractivity (Wildman–Crippen MR) is 88.0 cm³/mol. The SMILES string of the molecule is CC1c2ccsc2CCN1CCNc1cccc(Cl)c1. The van der Waals surface area contributed by atoms with E-state index in [1.165, 1.54) is 12.0 Å². The summed E-state index contributed by atoms with van der Waals surface area (Å²) in [5, 5.41) is 6.45. The lowest BCUT2D eigenvalue weighted by atomic mass is 10.0. The Hall–Kier alpha value is -1.03. The zero-order valence-electron chi connectivity index (χ0n) is 11.6. The predicted octanol–water partition coefficient (Wildman–Crippen LogP) is 4.43. The van der Waals surface area contributed by atoms with Gasteiger partial charge < -0.3 is 5.32 Å². The molecule has 2 heterocycles. The number of rotatable bonds is 4. The highest BCUT2D eigenvalue weighted by Crippen LogP contribution is 2.32. The Morgan fingerprint density at radius 2 is 2.30 bits per heavy atom. The van der Waals surface area contributed by atoms with E-state index in [1.807, 2.05) is 29.5 Å². The molecule has 1 aliphatic rings. The summed E-state index contributed by atoms with van der Waals surface area (Å²) in [5.41, 5.74) is 2.61. The number of nitrogens with zero attached hydrogens (tertiary/aromatic N) is 1. The molecule has 0 spiro atoms. The Labute approximate surface area is 129 Å². The lowest BCUT2D eigenvalue weighted by Crippen LogP contribution is -2.36. The lowest BCUT2D eigenvalue weighted by molar-refractivity contribution is 0.208. The number of halogens is 1. The van der Waals surface area contributed by atoms with E-state index in [4.69, 9.17) is 11.6 Å². The molecular formula is C16H19ClN2S. The van der Waals surface area contributed by atoms with E-state index in [2.05, 4.69) is 34.7 Å². The monoisotopic (exact) mass is 306 g/mol. The molecule has 1 N–H and O–H groups in total. The Kier molecular flexibility index (Phi) is 4.29. The van der Waals surface area contributed by atoms with Gasteiger partial charge >= 0.3 is 0 Å². The van der Waals surface area contributed by atoms with E-state index in [1.54, 1.807) is 4.88 Å². The van der Waals surface area contributed by atoms with E-state index < -0.39 is 0 Å². The number of fused-ring (bicyclic) bond motifs is 1. The standard InChI is InChI=1S/C16H19ClN2S/c1-12-15-6-10-20-16(15)5-8-19(12)9-7-18-14-4-2-3-13(17)11-14/h2-4,6,10-12,18H,5,7-9H2,1H3. The molecule has 2 aromatic rings. The van der Waals surface area contributed by atoms with Crippen molar-refractivity contribution in [2.45, 2.75) is 19.4 Å². The largest absolute Gasteiger partial charge is 0.384 e. The average molecular weight is 307 g/mol. The first-order chi connectivity index (χ1) is 9.74. The number of anilines is 1. The second-order valence-corrected chi connectivity index (χ2v) is 6.64. The highest BCUT2D eigenvalue weighted by Gasteiger charge is 2.23. The number of thiophene rings is 1. The molecule has 0 aliphatic carbocycles. The van der Waals surface area contributed by atoms with Crippen LogP contribution in [0.3, 0.4) is 0 Å². The van der Waals surface area contributed by atoms with Crippen molar-refractivity contribution >= 4 is 28.6 Å². The molecule has 1 aromatic heterocycles. The second kappa shape index (κ2) is 6.17. The first-order valence-corrected chi connectivity index (χ1v) is 8.29. The van der Waals surface area contributed by atoms with Crippen LogP contribution in [-0.2, 0) is 6.42 Å². The van der Waals surface area contributed by atoms with Crippen LogP contribution in [0.1, 0.15) is 23.4 Å². The van der Waals surface area contributed by atoms with E-state index in [0.29, 0.717) is 6.04 Å². The summed E-state index contributed by atoms with van der Waals surface area (Å²) < 4.78 is 0. The number of hydrogen-bond acceptors (Lipinski definition) is 3. The highest BCUT2D eigenvalue weighted by atomic mass is 35.5. The van der Waals surface area contributed by atoms with E-state index >= 15 is 0 Å². The molecule has 0 amide bonds. The fraction of sp³-hybridized carbons (Fsp3) is 0.375. The van der Waals surface area contributed by atoms with E-state index in [-0.39, 0.29) is 0 Å². The van der Waals surface area contributed by atoms with Crippen molar-refractivity contribution in [2.24, 2.45) is 0 Å². The Balaban J connectivity index is 1.55. The second-order valence-electron chi connectivity index (χ2n) is 5.20. The van der Waals surface area contributed by atoms with Gasteiger partial charge in [0.15, 0.2) is 0 Å². The third-order valence-electron chi connectivity index (χ3n) is 3.96. The molecule has 1 unspecified atom stereocenters. The van der Waals surface area contributed by atoms with Crippen LogP contribution < -0.4 is 5.32 Å². The minimum Gasteiger partial charge on any atom is -0.384 e. The topological polar surface area (TPSA) is 15.3 Å². The number of hydrogen-bond donors (Lipinski definition) is 1. The van der Waals surface area contributed by atoms with Gasteiger partial charge in [0.25, 0.3) is 0 Å². The van der Waals surface area contributed by atoms with Crippen molar-refractivity contribution in [3.05, 3.63) is 51.2 Å². The maximum atomic E-state index is 5.99. The van der Waals surface area contributed by atoms with Crippen molar-refractivity contribution in [3.63, 3.8) is 0 Å². The maximum Gasteiger partial charge on any atom is 0.0426 e. The molecule has 3 rings (SSSR count). The van der Waals surface area contributed by atoms with Crippen molar-refractivity contribution in [1.29, 1.82) is 0 Å². The van der Waals surface area contributed by atoms with Crippen molar-refractivity contribution in [1.82, 2.24) is 4.90 Å². The molecule has 4 heteroatoms. The summed E-state index contributed by atoms with van der Waals surface area (Å²) in [6.07, 6.45) is 1.19. The normalized spacial score (nSPS) is 18.8. The average Bonchev–Trinajstić information content (AvgIpc) is 2.91. The molecule has 0 saturated carbocycles. The van der Waals surface area contributed by atoms with Crippen LogP contribution in [0, 0.1) is 0 Å². The molecule has 106 valence electrons. The zero-order valence-corrected chi connectivity index (χ0v) is 13.2. The number of benzene rings is 1. The molecular weight excluding hydrogens is 288 g/mol. The van der Waals surface area contributed by atoms with Gasteiger partial charge in [-0.3, -0.25) is 4.90 Å². The molecule has 20 heavy (non-hydrogen) atoms. The Morgan fingerprint density at radius 3 is 3.15 bits per heavy atom. The summed E-state index contributed by atoms with van der Waals surface area (Å²) in [4.78, 5) is 4.11. The van der Waals surface area contributed by atoms with Crippen LogP contribution in [0.4, 0.5) is 5.69 Å². The van der Waals surface area contributed by atoms with Crippen LogP contribution in [0.5, 0.6) is 0 Å². The van der Waals surface area contributed by atoms with Crippen LogP contribution in [0.15, 0.2) is 35.7 Å². The van der Waals surface area contributed by atoms with Gasteiger partial charge in [-0.25, -0.2) is 0 Å². The lowest BCUT2D eigenvalue weighted by Gasteiger charge is -2.33. The third-order valence-corrected chi connectivity index (χ3v) is 5.19. The van der Waals surface area contributed by atoms with Crippen LogP contribution in [0.2, 0.25) is 5.02 Å². The summed E-state index contributed by atoms with van der Waals surface area (Å²) in [7, 11) is 0. The first-order valence-electron chi connectivity index (χ1n) is 7.04. The molecule has 1 aromatic carbocycles. The van der Waals surface area contributed by atoms with Gasteiger partial charge in [0.2, 0.25) is 0 Å². The molecule has 0 saturated heterocycles. The van der Waals surface area contributed by atoms with E-state index in [0.717, 1.165) is 30.3 Å². The third kappa shape index (κ3) is 3.00. The summed E-state index contributed by atoms with van der Waals surface area (Å²) in [5.74, 6) is 0. The fourth-order valence-corrected chi connectivity index (χ4v) is 3.96. The van der Waals surface area contributed by atoms with Gasteiger partial charge in [-0.05, 0) is 48.6 Å². The van der Waals surface area contributed by atoms with E-state index in [9.17, 15) is 0 Å².